The zero-order chi connectivity index (χ0) is 10.0. The maximum Gasteiger partial charge on any atom is 0.221 e. The number of phenolic OH excluding ortho intramolecular Hbond substituents is 3. The molecule has 4 N–H and O–H groups in total. The predicted molar refractivity (Wildman–Crippen MR) is 45.7 cm³/mol. The SMILES string of the molecule is CC(=O)Nc1cc(O)c(O)cc1O. The quantitative estimate of drug-likeness (QED) is 0.382. The van der Waals surface area contributed by atoms with Crippen molar-refractivity contribution in [3.8, 4) is 17.2 Å². The summed E-state index contributed by atoms with van der Waals surface area (Å²) >= 11 is 0. The summed E-state index contributed by atoms with van der Waals surface area (Å²) in [4.78, 5) is 10.6. The van der Waals surface area contributed by atoms with Crippen molar-refractivity contribution in [2.75, 3.05) is 5.32 Å². The molecule has 0 aliphatic heterocycles. The average molecular weight is 183 g/mol. The molecule has 0 radical (unpaired) electrons. The van der Waals surface area contributed by atoms with Gasteiger partial charge in [-0.15, -0.1) is 0 Å². The first-order chi connectivity index (χ1) is 6.00. The second kappa shape index (κ2) is 3.22. The van der Waals surface area contributed by atoms with Crippen molar-refractivity contribution >= 4 is 11.6 Å². The van der Waals surface area contributed by atoms with Crippen LogP contribution in [-0.2, 0) is 4.79 Å². The Kier molecular flexibility index (Phi) is 2.27. The predicted octanol–water partition coefficient (Wildman–Crippen LogP) is 0.762. The van der Waals surface area contributed by atoms with Crippen molar-refractivity contribution in [3.63, 3.8) is 0 Å². The fourth-order valence-electron chi connectivity index (χ4n) is 0.856. The lowest BCUT2D eigenvalue weighted by molar-refractivity contribution is -0.114. The van der Waals surface area contributed by atoms with Crippen LogP contribution in [-0.4, -0.2) is 21.2 Å². The van der Waals surface area contributed by atoms with E-state index in [1.807, 2.05) is 0 Å². The number of carbonyl (C=O) groups excluding carboxylic acids is 1. The van der Waals surface area contributed by atoms with Crippen molar-refractivity contribution in [3.05, 3.63) is 12.1 Å². The van der Waals surface area contributed by atoms with Gasteiger partial charge < -0.3 is 20.6 Å². The van der Waals surface area contributed by atoms with Crippen LogP contribution in [0.4, 0.5) is 5.69 Å². The Balaban J connectivity index is 3.08. The highest BCUT2D eigenvalue weighted by molar-refractivity contribution is 5.90. The Morgan fingerprint density at radius 2 is 1.69 bits per heavy atom. The molecule has 1 aromatic rings. The summed E-state index contributed by atoms with van der Waals surface area (Å²) in [6.45, 7) is 1.27. The van der Waals surface area contributed by atoms with Gasteiger partial charge in [0.25, 0.3) is 0 Å². The van der Waals surface area contributed by atoms with Gasteiger partial charge in [-0.2, -0.15) is 0 Å². The van der Waals surface area contributed by atoms with Gasteiger partial charge in [-0.05, 0) is 0 Å². The maximum absolute atomic E-state index is 10.6. The van der Waals surface area contributed by atoms with Crippen molar-refractivity contribution in [1.29, 1.82) is 0 Å². The molecule has 0 spiro atoms. The third-order valence-electron chi connectivity index (χ3n) is 1.40. The number of aromatic hydroxyl groups is 3. The van der Waals surface area contributed by atoms with Crippen molar-refractivity contribution in [2.45, 2.75) is 6.92 Å². The molecule has 0 heterocycles. The number of phenols is 3. The Morgan fingerprint density at radius 3 is 2.23 bits per heavy atom. The molecule has 0 saturated heterocycles. The van der Waals surface area contributed by atoms with E-state index in [1.54, 1.807) is 0 Å². The Hall–Kier alpha value is -1.91. The number of hydrogen-bond acceptors (Lipinski definition) is 4. The van der Waals surface area contributed by atoms with Crippen LogP contribution in [0.15, 0.2) is 12.1 Å². The monoisotopic (exact) mass is 183 g/mol. The third kappa shape index (κ3) is 2.02. The molecule has 13 heavy (non-hydrogen) atoms. The lowest BCUT2D eigenvalue weighted by Gasteiger charge is -2.06. The molecule has 0 aliphatic rings. The smallest absolute Gasteiger partial charge is 0.221 e. The molecule has 1 aromatic carbocycles. The van der Waals surface area contributed by atoms with Gasteiger partial charge in [-0.3, -0.25) is 4.79 Å². The van der Waals surface area contributed by atoms with Gasteiger partial charge in [0.1, 0.15) is 5.75 Å². The molecule has 0 aliphatic carbocycles. The standard InChI is InChI=1S/C8H9NO4/c1-4(10)9-5-2-7(12)8(13)3-6(5)11/h2-3,11-13H,1H3,(H,9,10). The van der Waals surface area contributed by atoms with Gasteiger partial charge in [0.15, 0.2) is 11.5 Å². The van der Waals surface area contributed by atoms with Crippen LogP contribution in [0, 0.1) is 0 Å². The van der Waals surface area contributed by atoms with Gasteiger partial charge in [-0.1, -0.05) is 0 Å². The molecule has 0 fully saturated rings. The topological polar surface area (TPSA) is 89.8 Å². The minimum Gasteiger partial charge on any atom is -0.506 e. The van der Waals surface area contributed by atoms with Gasteiger partial charge in [0.05, 0.1) is 5.69 Å². The summed E-state index contributed by atoms with van der Waals surface area (Å²) in [6, 6.07) is 2.01. The van der Waals surface area contributed by atoms with E-state index in [9.17, 15) is 9.90 Å². The fourth-order valence-corrected chi connectivity index (χ4v) is 0.856. The fraction of sp³-hybridized carbons (Fsp3) is 0.125. The van der Waals surface area contributed by atoms with Crippen molar-refractivity contribution in [2.24, 2.45) is 0 Å². The first-order valence-corrected chi connectivity index (χ1v) is 3.53. The summed E-state index contributed by atoms with van der Waals surface area (Å²) in [5, 5.41) is 29.4. The van der Waals surface area contributed by atoms with Gasteiger partial charge >= 0.3 is 0 Å². The summed E-state index contributed by atoms with van der Waals surface area (Å²) in [5.41, 5.74) is 0.0581. The van der Waals surface area contributed by atoms with Crippen molar-refractivity contribution < 1.29 is 20.1 Å². The summed E-state index contributed by atoms with van der Waals surface area (Å²) in [5.74, 6) is -1.51. The normalized spacial score (nSPS) is 9.62. The number of rotatable bonds is 1. The number of nitrogens with one attached hydrogen (secondary N) is 1. The van der Waals surface area contributed by atoms with Crippen LogP contribution in [0.5, 0.6) is 17.2 Å². The molecule has 0 atom stereocenters. The maximum atomic E-state index is 10.6. The van der Waals surface area contributed by atoms with Gasteiger partial charge in [0, 0.05) is 19.1 Å². The highest BCUT2D eigenvalue weighted by atomic mass is 16.3. The lowest BCUT2D eigenvalue weighted by Crippen LogP contribution is -2.05. The van der Waals surface area contributed by atoms with Crippen molar-refractivity contribution in [1.82, 2.24) is 0 Å². The number of carbonyl (C=O) groups is 1. The van der Waals surface area contributed by atoms with Gasteiger partial charge in [0.2, 0.25) is 5.91 Å². The molecule has 1 amide bonds. The van der Waals surface area contributed by atoms with E-state index < -0.39 is 11.5 Å². The van der Waals surface area contributed by atoms with Crippen LogP contribution >= 0.6 is 0 Å². The number of benzene rings is 1. The molecule has 0 unspecified atom stereocenters. The molecular weight excluding hydrogens is 174 g/mol. The van der Waals surface area contributed by atoms with Crippen LogP contribution in [0.3, 0.4) is 0 Å². The first kappa shape index (κ1) is 9.18. The third-order valence-corrected chi connectivity index (χ3v) is 1.40. The highest BCUT2D eigenvalue weighted by Gasteiger charge is 2.08. The van der Waals surface area contributed by atoms with E-state index in [0.717, 1.165) is 12.1 Å². The molecule has 0 saturated carbocycles. The summed E-state index contributed by atoms with van der Waals surface area (Å²) in [7, 11) is 0. The Bertz CT molecular complexity index is 348. The molecule has 5 nitrogen and oxygen atoms in total. The zero-order valence-electron chi connectivity index (χ0n) is 6.90. The second-order valence-electron chi connectivity index (χ2n) is 2.54. The molecule has 1 rings (SSSR count). The lowest BCUT2D eigenvalue weighted by atomic mass is 10.2. The van der Waals surface area contributed by atoms with Crippen LogP contribution in [0.1, 0.15) is 6.92 Å². The van der Waals surface area contributed by atoms with E-state index in [-0.39, 0.29) is 17.3 Å². The second-order valence-corrected chi connectivity index (χ2v) is 2.54. The van der Waals surface area contributed by atoms with E-state index >= 15 is 0 Å². The summed E-state index contributed by atoms with van der Waals surface area (Å²) in [6.07, 6.45) is 0. The van der Waals surface area contributed by atoms with Crippen LogP contribution in [0.25, 0.3) is 0 Å². The zero-order valence-corrected chi connectivity index (χ0v) is 6.90. The van der Waals surface area contributed by atoms with E-state index in [1.165, 1.54) is 6.92 Å². The molecule has 0 bridgehead atoms. The highest BCUT2D eigenvalue weighted by Crippen LogP contribution is 2.35. The van der Waals surface area contributed by atoms with Crippen LogP contribution < -0.4 is 5.32 Å². The minimum absolute atomic E-state index is 0.0581. The minimum atomic E-state index is -0.438. The Labute approximate surface area is 74.3 Å². The average Bonchev–Trinajstić information content (AvgIpc) is 1.99. The summed E-state index contributed by atoms with van der Waals surface area (Å²) < 4.78 is 0. The molecule has 0 aromatic heterocycles. The largest absolute Gasteiger partial charge is 0.506 e. The Morgan fingerprint density at radius 1 is 1.15 bits per heavy atom. The first-order valence-electron chi connectivity index (χ1n) is 3.53. The van der Waals surface area contributed by atoms with Gasteiger partial charge in [-0.25, -0.2) is 0 Å². The van der Waals surface area contributed by atoms with E-state index in [2.05, 4.69) is 5.32 Å². The van der Waals surface area contributed by atoms with Crippen LogP contribution in [0.2, 0.25) is 0 Å². The molecule has 5 heteroatoms. The molecular formula is C8H9NO4. The van der Waals surface area contributed by atoms with E-state index in [4.69, 9.17) is 10.2 Å². The number of amides is 1. The number of anilines is 1. The molecule has 70 valence electrons. The van der Waals surface area contributed by atoms with E-state index in [0.29, 0.717) is 0 Å². The number of hydrogen-bond donors (Lipinski definition) is 4.